The summed E-state index contributed by atoms with van der Waals surface area (Å²) >= 11 is 0. The van der Waals surface area contributed by atoms with E-state index in [1.54, 1.807) is 6.92 Å². The summed E-state index contributed by atoms with van der Waals surface area (Å²) in [6.45, 7) is 8.14. The first-order chi connectivity index (χ1) is 12.5. The van der Waals surface area contributed by atoms with Crippen molar-refractivity contribution < 1.29 is 64.6 Å². The van der Waals surface area contributed by atoms with E-state index in [-0.39, 0.29) is 13.2 Å². The minimum Gasteiger partial charge on any atom is -0.302 e. The maximum atomic E-state index is 11.4. The summed E-state index contributed by atoms with van der Waals surface area (Å²) in [5, 5.41) is 0. The molecule has 0 fully saturated rings. The molecule has 168 valence electrons. The molecule has 3 atom stereocenters. The molecule has 0 bridgehead atoms. The van der Waals surface area contributed by atoms with Crippen LogP contribution in [0.5, 0.6) is 0 Å². The van der Waals surface area contributed by atoms with Crippen molar-refractivity contribution in [1.29, 1.82) is 0 Å². The fourth-order valence-electron chi connectivity index (χ4n) is 0.907. The van der Waals surface area contributed by atoms with Crippen LogP contribution in [0.4, 0.5) is 0 Å². The van der Waals surface area contributed by atoms with E-state index in [0.29, 0.717) is 12.0 Å². The molecule has 0 heterocycles. The molecule has 4 N–H and O–H groups in total. The van der Waals surface area contributed by atoms with Crippen molar-refractivity contribution in [3.63, 3.8) is 0 Å². The van der Waals surface area contributed by atoms with Gasteiger partial charge in [-0.1, -0.05) is 11.6 Å². The summed E-state index contributed by atoms with van der Waals surface area (Å²) in [6.07, 6.45) is 1.58. The molecule has 0 spiro atoms. The Bertz CT molecular complexity index is 684. The fourth-order valence-corrected chi connectivity index (χ4v) is 4.62. The van der Waals surface area contributed by atoms with Gasteiger partial charge in [0.2, 0.25) is 0 Å². The number of rotatable bonds is 13. The molecule has 0 saturated carbocycles. The van der Waals surface area contributed by atoms with Gasteiger partial charge in [-0.25, -0.2) is 18.3 Å². The van der Waals surface area contributed by atoms with E-state index in [9.17, 15) is 18.3 Å². The zero-order valence-electron chi connectivity index (χ0n) is 15.3. The Morgan fingerprint density at radius 1 is 0.929 bits per heavy atom. The smallest absolute Gasteiger partial charge is 0.302 e. The number of phosphoric acid groups is 4. The lowest BCUT2D eigenvalue weighted by atomic mass is 10.3. The van der Waals surface area contributed by atoms with Crippen LogP contribution in [0.1, 0.15) is 13.3 Å². The largest absolute Gasteiger partial charge is 0.483 e. The van der Waals surface area contributed by atoms with Crippen molar-refractivity contribution in [2.24, 2.45) is 0 Å². The summed E-state index contributed by atoms with van der Waals surface area (Å²) in [4.78, 5) is 34.0. The molecule has 0 radical (unpaired) electrons. The van der Waals surface area contributed by atoms with E-state index < -0.39 is 31.3 Å². The third-order valence-electron chi connectivity index (χ3n) is 2.00. The monoisotopic (exact) mass is 492 g/mol. The summed E-state index contributed by atoms with van der Waals surface area (Å²) in [6, 6.07) is 0. The van der Waals surface area contributed by atoms with Gasteiger partial charge in [-0.3, -0.25) is 18.1 Å². The highest BCUT2D eigenvalue weighted by Gasteiger charge is 2.36. The zero-order valence-corrected chi connectivity index (χ0v) is 18.9. The quantitative estimate of drug-likeness (QED) is 0.216. The van der Waals surface area contributed by atoms with Gasteiger partial charge in [-0.2, -0.15) is 8.62 Å². The van der Waals surface area contributed by atoms with Crippen LogP contribution in [0.25, 0.3) is 0 Å². The molecule has 0 aliphatic heterocycles. The lowest BCUT2D eigenvalue weighted by Gasteiger charge is -2.16. The van der Waals surface area contributed by atoms with Gasteiger partial charge in [-0.05, 0) is 13.3 Å². The average molecular weight is 492 g/mol. The van der Waals surface area contributed by atoms with Gasteiger partial charge < -0.3 is 19.6 Å². The van der Waals surface area contributed by atoms with Crippen LogP contribution >= 0.6 is 31.3 Å². The van der Waals surface area contributed by atoms with Crippen LogP contribution in [0.3, 0.4) is 0 Å². The minimum atomic E-state index is -5.01. The number of hydrogen-bond donors (Lipinski definition) is 4. The van der Waals surface area contributed by atoms with E-state index in [2.05, 4.69) is 39.9 Å². The number of hydrogen-bond acceptors (Lipinski definition) is 10. The Labute approximate surface area is 162 Å². The second kappa shape index (κ2) is 13.3. The normalized spacial score (nSPS) is 18.0. The van der Waals surface area contributed by atoms with Gasteiger partial charge in [0, 0.05) is 14.2 Å². The van der Waals surface area contributed by atoms with Gasteiger partial charge in [0.1, 0.15) is 0 Å². The first-order valence-electron chi connectivity index (χ1n) is 6.91. The molecule has 0 amide bonds. The number of phosphoric ester groups is 3. The SMILES string of the molecule is C=C(C)CCOP(=O)(O)OP(=O)(O)O.C=CCOP(=O)(OC)OP(=O)(O)OC. The van der Waals surface area contributed by atoms with E-state index in [1.807, 2.05) is 0 Å². The lowest BCUT2D eigenvalue weighted by molar-refractivity contribution is 0.161. The van der Waals surface area contributed by atoms with Gasteiger partial charge >= 0.3 is 31.3 Å². The van der Waals surface area contributed by atoms with Crippen LogP contribution in [0.2, 0.25) is 0 Å². The lowest BCUT2D eigenvalue weighted by Crippen LogP contribution is -1.97. The summed E-state index contributed by atoms with van der Waals surface area (Å²) in [5.41, 5.74) is 0.709. The van der Waals surface area contributed by atoms with Crippen molar-refractivity contribution in [3.8, 4) is 0 Å². The third kappa shape index (κ3) is 18.1. The first kappa shape index (κ1) is 30.2. The second-order valence-corrected chi connectivity index (χ2v) is 10.8. The molecular formula is C10H24O14P4. The van der Waals surface area contributed by atoms with E-state index in [0.717, 1.165) is 14.2 Å². The van der Waals surface area contributed by atoms with Gasteiger partial charge in [0.05, 0.1) is 13.2 Å². The van der Waals surface area contributed by atoms with Crippen molar-refractivity contribution in [2.75, 3.05) is 27.4 Å². The summed E-state index contributed by atoms with van der Waals surface area (Å²) in [5.74, 6) is 0. The van der Waals surface area contributed by atoms with E-state index >= 15 is 0 Å². The van der Waals surface area contributed by atoms with Crippen LogP contribution in [-0.2, 0) is 45.0 Å². The maximum Gasteiger partial charge on any atom is 0.483 e. The van der Waals surface area contributed by atoms with Crippen LogP contribution in [0.15, 0.2) is 24.8 Å². The standard InChI is InChI=1S/2C5H12O7P2/c1-5(2)3-4-11-14(9,10)12-13(6,7)8;1-4-5-11-14(8,10-3)12-13(6,7)9-2/h1,3-4H2,2H3,(H,9,10)(H2,6,7,8);4H,1,5H2,2-3H3,(H,6,7). The molecule has 3 unspecified atom stereocenters. The molecule has 28 heavy (non-hydrogen) atoms. The molecule has 14 nitrogen and oxygen atoms in total. The van der Waals surface area contributed by atoms with Gasteiger partial charge in [0.15, 0.2) is 0 Å². The molecule has 0 aliphatic rings. The Morgan fingerprint density at radius 2 is 1.46 bits per heavy atom. The minimum absolute atomic E-state index is 0.144. The van der Waals surface area contributed by atoms with Crippen molar-refractivity contribution in [2.45, 2.75) is 13.3 Å². The Kier molecular flexibility index (Phi) is 14.4. The Morgan fingerprint density at radius 3 is 1.82 bits per heavy atom. The molecule has 0 saturated heterocycles. The molecule has 0 aromatic carbocycles. The predicted octanol–water partition coefficient (Wildman–Crippen LogP) is 2.89. The van der Waals surface area contributed by atoms with Crippen molar-refractivity contribution in [1.82, 2.24) is 0 Å². The van der Waals surface area contributed by atoms with E-state index in [1.165, 1.54) is 6.08 Å². The molecule has 0 aromatic heterocycles. The van der Waals surface area contributed by atoms with Crippen molar-refractivity contribution in [3.05, 3.63) is 24.8 Å². The highest BCUT2D eigenvalue weighted by atomic mass is 31.3. The molecular weight excluding hydrogens is 468 g/mol. The van der Waals surface area contributed by atoms with Gasteiger partial charge in [0.25, 0.3) is 0 Å². The molecule has 18 heteroatoms. The molecule has 0 aromatic rings. The topological polar surface area (TPSA) is 205 Å². The fraction of sp³-hybridized carbons (Fsp3) is 0.600. The van der Waals surface area contributed by atoms with Gasteiger partial charge in [-0.15, -0.1) is 13.2 Å². The molecule has 0 aliphatic carbocycles. The summed E-state index contributed by atoms with van der Waals surface area (Å²) < 4.78 is 68.1. The van der Waals surface area contributed by atoms with E-state index in [4.69, 9.17) is 19.6 Å². The zero-order chi connectivity index (χ0) is 22.6. The highest BCUT2D eigenvalue weighted by Crippen LogP contribution is 2.62. The third-order valence-corrected chi connectivity index (χ3v) is 7.19. The molecule has 0 rings (SSSR count). The Hall–Kier alpha value is -0.0000000000000000971. The predicted molar refractivity (Wildman–Crippen MR) is 97.0 cm³/mol. The first-order valence-corrected chi connectivity index (χ1v) is 12.9. The van der Waals surface area contributed by atoms with Crippen LogP contribution in [0, 0.1) is 0 Å². The highest BCUT2D eigenvalue weighted by molar-refractivity contribution is 7.61. The maximum absolute atomic E-state index is 11.4. The summed E-state index contributed by atoms with van der Waals surface area (Å²) in [7, 11) is -16.2. The second-order valence-electron chi connectivity index (χ2n) is 4.53. The van der Waals surface area contributed by atoms with Crippen LogP contribution < -0.4 is 0 Å². The van der Waals surface area contributed by atoms with Crippen LogP contribution in [-0.4, -0.2) is 47.0 Å². The Balaban J connectivity index is 0. The average Bonchev–Trinajstić information content (AvgIpc) is 2.50. The van der Waals surface area contributed by atoms with Crippen molar-refractivity contribution >= 4 is 31.3 Å².